The van der Waals surface area contributed by atoms with Crippen LogP contribution in [0.3, 0.4) is 0 Å². The highest BCUT2D eigenvalue weighted by Gasteiger charge is 2.28. The van der Waals surface area contributed by atoms with E-state index in [1.807, 2.05) is 0 Å². The lowest BCUT2D eigenvalue weighted by atomic mass is 9.87. The summed E-state index contributed by atoms with van der Waals surface area (Å²) in [7, 11) is 0. The standard InChI is InChI=1S/C17H25NS/c1-17(2)10-14(11-19-12-17)18-16-9-5-7-13-6-3-4-8-15(13)16/h5,7,9,14,18H,3-4,6,8,10-12H2,1-2H3. The van der Waals surface area contributed by atoms with Crippen LogP contribution in [0, 0.1) is 5.41 Å². The van der Waals surface area contributed by atoms with Crippen molar-refractivity contribution < 1.29 is 0 Å². The van der Waals surface area contributed by atoms with Gasteiger partial charge in [-0.1, -0.05) is 26.0 Å². The summed E-state index contributed by atoms with van der Waals surface area (Å²) in [5.74, 6) is 2.56. The number of benzene rings is 1. The third-order valence-corrected chi connectivity index (χ3v) is 5.99. The molecule has 1 heterocycles. The summed E-state index contributed by atoms with van der Waals surface area (Å²) < 4.78 is 0. The fourth-order valence-corrected chi connectivity index (χ4v) is 4.77. The highest BCUT2D eigenvalue weighted by molar-refractivity contribution is 7.99. The van der Waals surface area contributed by atoms with Crippen LogP contribution in [-0.2, 0) is 12.8 Å². The maximum absolute atomic E-state index is 3.84. The summed E-state index contributed by atoms with van der Waals surface area (Å²) in [6.07, 6.45) is 6.56. The predicted octanol–water partition coefficient (Wildman–Crippen LogP) is 4.51. The monoisotopic (exact) mass is 275 g/mol. The molecule has 1 unspecified atom stereocenters. The van der Waals surface area contributed by atoms with Gasteiger partial charge < -0.3 is 5.32 Å². The van der Waals surface area contributed by atoms with Gasteiger partial charge in [-0.05, 0) is 60.5 Å². The van der Waals surface area contributed by atoms with Crippen molar-refractivity contribution in [2.75, 3.05) is 16.8 Å². The molecule has 1 fully saturated rings. The van der Waals surface area contributed by atoms with E-state index in [0.717, 1.165) is 0 Å². The van der Waals surface area contributed by atoms with Gasteiger partial charge >= 0.3 is 0 Å². The quantitative estimate of drug-likeness (QED) is 0.852. The van der Waals surface area contributed by atoms with E-state index in [2.05, 4.69) is 49.1 Å². The van der Waals surface area contributed by atoms with Crippen molar-refractivity contribution >= 4 is 17.4 Å². The Balaban J connectivity index is 1.76. The summed E-state index contributed by atoms with van der Waals surface area (Å²) in [5.41, 5.74) is 5.08. The van der Waals surface area contributed by atoms with E-state index in [9.17, 15) is 0 Å². The van der Waals surface area contributed by atoms with Crippen LogP contribution in [0.15, 0.2) is 18.2 Å². The van der Waals surface area contributed by atoms with Gasteiger partial charge in [0.05, 0.1) is 0 Å². The van der Waals surface area contributed by atoms with E-state index in [-0.39, 0.29) is 0 Å². The SMILES string of the molecule is CC1(C)CSCC(Nc2cccc3c2CCCC3)C1. The molecule has 1 N–H and O–H groups in total. The van der Waals surface area contributed by atoms with E-state index in [1.54, 1.807) is 11.1 Å². The number of aryl methyl sites for hydroxylation is 1. The van der Waals surface area contributed by atoms with Crippen molar-refractivity contribution in [2.45, 2.75) is 52.0 Å². The highest BCUT2D eigenvalue weighted by Crippen LogP contribution is 2.36. The maximum Gasteiger partial charge on any atom is 0.0377 e. The van der Waals surface area contributed by atoms with Crippen molar-refractivity contribution in [1.82, 2.24) is 0 Å². The first-order valence-electron chi connectivity index (χ1n) is 7.59. The van der Waals surface area contributed by atoms with Crippen LogP contribution in [0.5, 0.6) is 0 Å². The van der Waals surface area contributed by atoms with Gasteiger partial charge in [0.15, 0.2) is 0 Å². The van der Waals surface area contributed by atoms with Gasteiger partial charge in [-0.2, -0.15) is 11.8 Å². The van der Waals surface area contributed by atoms with Crippen LogP contribution in [-0.4, -0.2) is 17.5 Å². The predicted molar refractivity (Wildman–Crippen MR) is 86.2 cm³/mol. The van der Waals surface area contributed by atoms with Gasteiger partial charge in [0.2, 0.25) is 0 Å². The maximum atomic E-state index is 3.84. The lowest BCUT2D eigenvalue weighted by Crippen LogP contribution is -2.35. The summed E-state index contributed by atoms with van der Waals surface area (Å²) in [5, 5.41) is 3.84. The van der Waals surface area contributed by atoms with Gasteiger partial charge in [0.1, 0.15) is 0 Å². The second-order valence-corrected chi connectivity index (χ2v) is 7.91. The smallest absolute Gasteiger partial charge is 0.0377 e. The lowest BCUT2D eigenvalue weighted by molar-refractivity contribution is 0.358. The largest absolute Gasteiger partial charge is 0.381 e. The molecule has 1 aromatic carbocycles. The molecule has 3 rings (SSSR count). The van der Waals surface area contributed by atoms with E-state index in [4.69, 9.17) is 0 Å². The van der Waals surface area contributed by atoms with Crippen molar-refractivity contribution in [3.8, 4) is 0 Å². The molecule has 0 bridgehead atoms. The van der Waals surface area contributed by atoms with Crippen molar-refractivity contribution in [2.24, 2.45) is 5.41 Å². The van der Waals surface area contributed by atoms with Gasteiger partial charge in [-0.25, -0.2) is 0 Å². The Labute approximate surface area is 121 Å². The molecule has 1 nitrogen and oxygen atoms in total. The summed E-state index contributed by atoms with van der Waals surface area (Å²) in [6, 6.07) is 7.48. The van der Waals surface area contributed by atoms with E-state index < -0.39 is 0 Å². The van der Waals surface area contributed by atoms with E-state index >= 15 is 0 Å². The molecule has 2 aliphatic rings. The number of fused-ring (bicyclic) bond motifs is 1. The van der Waals surface area contributed by atoms with Crippen molar-refractivity contribution in [1.29, 1.82) is 0 Å². The molecule has 0 radical (unpaired) electrons. The molecule has 1 aliphatic heterocycles. The topological polar surface area (TPSA) is 12.0 Å². The van der Waals surface area contributed by atoms with Crippen LogP contribution in [0.2, 0.25) is 0 Å². The van der Waals surface area contributed by atoms with Crippen molar-refractivity contribution in [3.05, 3.63) is 29.3 Å². The van der Waals surface area contributed by atoms with Crippen molar-refractivity contribution in [3.63, 3.8) is 0 Å². The zero-order chi connectivity index (χ0) is 13.3. The minimum Gasteiger partial charge on any atom is -0.381 e. The zero-order valence-electron chi connectivity index (χ0n) is 12.2. The van der Waals surface area contributed by atoms with E-state index in [1.165, 1.54) is 49.3 Å². The Morgan fingerprint density at radius 3 is 2.89 bits per heavy atom. The van der Waals surface area contributed by atoms with E-state index in [0.29, 0.717) is 11.5 Å². The molecule has 1 atom stereocenters. The molecule has 0 saturated carbocycles. The second-order valence-electron chi connectivity index (χ2n) is 6.88. The molecular formula is C17H25NS. The number of anilines is 1. The molecule has 0 spiro atoms. The first-order chi connectivity index (χ1) is 9.14. The van der Waals surface area contributed by atoms with Crippen LogP contribution in [0.1, 0.15) is 44.2 Å². The molecule has 1 aliphatic carbocycles. The number of rotatable bonds is 2. The molecule has 0 aromatic heterocycles. The summed E-state index contributed by atoms with van der Waals surface area (Å²) >= 11 is 2.10. The second kappa shape index (κ2) is 5.40. The Morgan fingerprint density at radius 2 is 2.05 bits per heavy atom. The molecule has 104 valence electrons. The minimum atomic E-state index is 0.482. The Kier molecular flexibility index (Phi) is 3.79. The third kappa shape index (κ3) is 3.10. The average molecular weight is 275 g/mol. The van der Waals surface area contributed by atoms with Gasteiger partial charge in [0.25, 0.3) is 0 Å². The average Bonchev–Trinajstić information content (AvgIpc) is 2.38. The Morgan fingerprint density at radius 1 is 1.21 bits per heavy atom. The molecule has 2 heteroatoms. The van der Waals surface area contributed by atoms with Gasteiger partial charge in [-0.15, -0.1) is 0 Å². The van der Waals surface area contributed by atoms with Gasteiger partial charge in [0, 0.05) is 17.5 Å². The normalized spacial score (nSPS) is 25.7. The number of hydrogen-bond acceptors (Lipinski definition) is 2. The number of nitrogens with one attached hydrogen (secondary N) is 1. The Bertz CT molecular complexity index is 453. The fourth-order valence-electron chi connectivity index (χ4n) is 3.49. The third-order valence-electron chi connectivity index (χ3n) is 4.37. The van der Waals surface area contributed by atoms with Gasteiger partial charge in [-0.3, -0.25) is 0 Å². The highest BCUT2D eigenvalue weighted by atomic mass is 32.2. The molecule has 0 amide bonds. The number of hydrogen-bond donors (Lipinski definition) is 1. The summed E-state index contributed by atoms with van der Waals surface area (Å²) in [4.78, 5) is 0. The number of thioether (sulfide) groups is 1. The summed E-state index contributed by atoms with van der Waals surface area (Å²) in [6.45, 7) is 4.79. The first-order valence-corrected chi connectivity index (χ1v) is 8.75. The van der Waals surface area contributed by atoms with Crippen LogP contribution in [0.4, 0.5) is 5.69 Å². The zero-order valence-corrected chi connectivity index (χ0v) is 13.0. The Hall–Kier alpha value is -0.630. The molecule has 1 saturated heterocycles. The van der Waals surface area contributed by atoms with Crippen LogP contribution in [0.25, 0.3) is 0 Å². The minimum absolute atomic E-state index is 0.482. The lowest BCUT2D eigenvalue weighted by Gasteiger charge is -2.36. The van der Waals surface area contributed by atoms with Crippen LogP contribution < -0.4 is 5.32 Å². The molecular weight excluding hydrogens is 250 g/mol. The van der Waals surface area contributed by atoms with Crippen LogP contribution >= 0.6 is 11.8 Å². The fraction of sp³-hybridized carbons (Fsp3) is 0.647. The molecule has 19 heavy (non-hydrogen) atoms. The first kappa shape index (κ1) is 13.4. The molecule has 1 aromatic rings.